The summed E-state index contributed by atoms with van der Waals surface area (Å²) in [6.07, 6.45) is 5.18. The first-order valence-electron chi connectivity index (χ1n) is 6.68. The predicted molar refractivity (Wildman–Crippen MR) is 85.4 cm³/mol. The molecule has 1 amide bonds. The summed E-state index contributed by atoms with van der Waals surface area (Å²) >= 11 is 17.0. The van der Waals surface area contributed by atoms with Crippen molar-refractivity contribution in [2.45, 2.75) is 29.3 Å². The van der Waals surface area contributed by atoms with Crippen molar-refractivity contribution in [3.63, 3.8) is 0 Å². The fourth-order valence-corrected chi connectivity index (χ4v) is 2.60. The van der Waals surface area contributed by atoms with Crippen LogP contribution in [0.1, 0.15) is 18.4 Å². The molecular formula is C15H16Cl3NO2. The average Bonchev–Trinajstić information content (AvgIpc) is 2.91. The maximum absolute atomic E-state index is 12.0. The van der Waals surface area contributed by atoms with Gasteiger partial charge in [-0.3, -0.25) is 4.79 Å². The van der Waals surface area contributed by atoms with Crippen LogP contribution in [0.5, 0.6) is 0 Å². The second-order valence-corrected chi connectivity index (χ2v) is 7.11. The Balaban J connectivity index is 1.86. The minimum Gasteiger partial charge on any atom is -0.497 e. The fourth-order valence-electron chi connectivity index (χ4n) is 2.27. The number of ether oxygens (including phenoxy) is 1. The number of nitrogens with zero attached hydrogens (tertiary/aromatic N) is 1. The first-order valence-corrected chi connectivity index (χ1v) is 7.82. The van der Waals surface area contributed by atoms with Crippen LogP contribution in [0.3, 0.4) is 0 Å². The standard InChI is InChI=1S/C15H16Cl3NO2/c16-15(17,18)14(20)19-9-4-7-13(19)8-10-21-11-12-5-2-1-3-6-12/h1-3,5-6,8,10,13H,4,7,9,11H2/b10-8+/t13-/m0/s1. The van der Waals surface area contributed by atoms with Crippen LogP contribution in [0.2, 0.25) is 0 Å². The van der Waals surface area contributed by atoms with Crippen LogP contribution >= 0.6 is 34.8 Å². The Morgan fingerprint density at radius 3 is 2.71 bits per heavy atom. The SMILES string of the molecule is O=C(N1CCC[C@H]1/C=C/OCc1ccccc1)C(Cl)(Cl)Cl. The maximum Gasteiger partial charge on any atom is 0.275 e. The molecule has 1 saturated heterocycles. The summed E-state index contributed by atoms with van der Waals surface area (Å²) in [6, 6.07) is 9.77. The van der Waals surface area contributed by atoms with Gasteiger partial charge >= 0.3 is 0 Å². The van der Waals surface area contributed by atoms with Crippen molar-refractivity contribution in [2.24, 2.45) is 0 Å². The van der Waals surface area contributed by atoms with E-state index < -0.39 is 9.70 Å². The number of likely N-dealkylation sites (tertiary alicyclic amines) is 1. The maximum atomic E-state index is 12.0. The molecule has 1 atom stereocenters. The van der Waals surface area contributed by atoms with Gasteiger partial charge < -0.3 is 9.64 Å². The van der Waals surface area contributed by atoms with Crippen LogP contribution in [0.4, 0.5) is 0 Å². The molecule has 1 aromatic rings. The van der Waals surface area contributed by atoms with E-state index in [1.807, 2.05) is 36.4 Å². The van der Waals surface area contributed by atoms with Gasteiger partial charge in [0.05, 0.1) is 12.3 Å². The van der Waals surface area contributed by atoms with Crippen molar-refractivity contribution < 1.29 is 9.53 Å². The molecule has 0 spiro atoms. The molecule has 1 aliphatic rings. The summed E-state index contributed by atoms with van der Waals surface area (Å²) in [5.41, 5.74) is 1.09. The Morgan fingerprint density at radius 1 is 1.33 bits per heavy atom. The third-order valence-electron chi connectivity index (χ3n) is 3.29. The van der Waals surface area contributed by atoms with Crippen molar-refractivity contribution in [3.8, 4) is 0 Å². The van der Waals surface area contributed by atoms with E-state index in [0.29, 0.717) is 13.2 Å². The predicted octanol–water partition coefficient (Wildman–Crippen LogP) is 4.08. The Labute approximate surface area is 139 Å². The van der Waals surface area contributed by atoms with Crippen LogP contribution in [0.25, 0.3) is 0 Å². The summed E-state index contributed by atoms with van der Waals surface area (Å²) in [5, 5.41) is 0. The van der Waals surface area contributed by atoms with Crippen molar-refractivity contribution >= 4 is 40.7 Å². The lowest BCUT2D eigenvalue weighted by atomic mass is 10.2. The van der Waals surface area contributed by atoms with Crippen molar-refractivity contribution in [1.82, 2.24) is 4.90 Å². The zero-order valence-corrected chi connectivity index (χ0v) is 13.6. The summed E-state index contributed by atoms with van der Waals surface area (Å²) in [4.78, 5) is 13.6. The van der Waals surface area contributed by atoms with E-state index in [-0.39, 0.29) is 6.04 Å². The Morgan fingerprint density at radius 2 is 2.05 bits per heavy atom. The third-order valence-corrected chi connectivity index (χ3v) is 3.78. The van der Waals surface area contributed by atoms with Gasteiger partial charge in [0.1, 0.15) is 6.61 Å². The molecule has 6 heteroatoms. The highest BCUT2D eigenvalue weighted by Gasteiger charge is 2.39. The first-order chi connectivity index (χ1) is 9.98. The molecule has 0 unspecified atom stereocenters. The topological polar surface area (TPSA) is 29.5 Å². The highest BCUT2D eigenvalue weighted by Crippen LogP contribution is 2.32. The molecule has 1 heterocycles. The van der Waals surface area contributed by atoms with E-state index in [1.54, 1.807) is 11.2 Å². The molecule has 0 aromatic heterocycles. The zero-order chi connectivity index (χ0) is 15.3. The quantitative estimate of drug-likeness (QED) is 0.606. The van der Waals surface area contributed by atoms with E-state index in [0.717, 1.165) is 18.4 Å². The van der Waals surface area contributed by atoms with Crippen LogP contribution in [-0.2, 0) is 16.1 Å². The molecule has 0 saturated carbocycles. The Kier molecular flexibility index (Phi) is 5.80. The molecule has 1 aliphatic heterocycles. The van der Waals surface area contributed by atoms with E-state index in [2.05, 4.69) is 0 Å². The lowest BCUT2D eigenvalue weighted by molar-refractivity contribution is -0.130. The average molecular weight is 349 g/mol. The molecule has 2 rings (SSSR count). The van der Waals surface area contributed by atoms with Gasteiger partial charge in [0.25, 0.3) is 9.70 Å². The van der Waals surface area contributed by atoms with Gasteiger partial charge in [-0.25, -0.2) is 0 Å². The van der Waals surface area contributed by atoms with E-state index in [1.165, 1.54) is 0 Å². The number of halogens is 3. The highest BCUT2D eigenvalue weighted by molar-refractivity contribution is 6.76. The highest BCUT2D eigenvalue weighted by atomic mass is 35.6. The number of rotatable bonds is 4. The van der Waals surface area contributed by atoms with Gasteiger partial charge in [-0.05, 0) is 24.5 Å². The van der Waals surface area contributed by atoms with Crippen LogP contribution in [0, 0.1) is 0 Å². The molecule has 0 N–H and O–H groups in total. The summed E-state index contributed by atoms with van der Waals surface area (Å²) < 4.78 is 3.58. The molecular weight excluding hydrogens is 333 g/mol. The fraction of sp³-hybridized carbons (Fsp3) is 0.400. The first kappa shape index (κ1) is 16.5. The minimum atomic E-state index is -1.90. The number of alkyl halides is 3. The lowest BCUT2D eigenvalue weighted by Gasteiger charge is -2.25. The number of carbonyl (C=O) groups is 1. The lowest BCUT2D eigenvalue weighted by Crippen LogP contribution is -2.41. The molecule has 1 fully saturated rings. The number of hydrogen-bond donors (Lipinski definition) is 0. The molecule has 1 aromatic carbocycles. The summed E-state index contributed by atoms with van der Waals surface area (Å²) in [7, 11) is 0. The molecule has 3 nitrogen and oxygen atoms in total. The second kappa shape index (κ2) is 7.39. The van der Waals surface area contributed by atoms with Crippen LogP contribution < -0.4 is 0 Å². The van der Waals surface area contributed by atoms with E-state index in [9.17, 15) is 4.79 Å². The normalized spacial score (nSPS) is 19.2. The van der Waals surface area contributed by atoms with Crippen LogP contribution in [0.15, 0.2) is 42.7 Å². The van der Waals surface area contributed by atoms with Gasteiger partial charge in [-0.2, -0.15) is 0 Å². The summed E-state index contributed by atoms with van der Waals surface area (Å²) in [6.45, 7) is 1.09. The van der Waals surface area contributed by atoms with Crippen molar-refractivity contribution in [3.05, 3.63) is 48.2 Å². The number of hydrogen-bond acceptors (Lipinski definition) is 2. The largest absolute Gasteiger partial charge is 0.497 e. The minimum absolute atomic E-state index is 0.0797. The van der Waals surface area contributed by atoms with Gasteiger partial charge in [-0.1, -0.05) is 65.1 Å². The van der Waals surface area contributed by atoms with Crippen molar-refractivity contribution in [1.29, 1.82) is 0 Å². The number of benzene rings is 1. The van der Waals surface area contributed by atoms with Crippen molar-refractivity contribution in [2.75, 3.05) is 6.54 Å². The van der Waals surface area contributed by atoms with Gasteiger partial charge in [0.2, 0.25) is 0 Å². The molecule has 21 heavy (non-hydrogen) atoms. The monoisotopic (exact) mass is 347 g/mol. The number of carbonyl (C=O) groups excluding carboxylic acids is 1. The van der Waals surface area contributed by atoms with Gasteiger partial charge in [-0.15, -0.1) is 0 Å². The Bertz CT molecular complexity index is 499. The van der Waals surface area contributed by atoms with Gasteiger partial charge in [0, 0.05) is 6.54 Å². The Hall–Kier alpha value is -0.900. The second-order valence-electron chi connectivity index (χ2n) is 4.83. The molecule has 0 bridgehead atoms. The van der Waals surface area contributed by atoms with Gasteiger partial charge in [0.15, 0.2) is 0 Å². The molecule has 114 valence electrons. The third kappa shape index (κ3) is 4.80. The smallest absolute Gasteiger partial charge is 0.275 e. The van der Waals surface area contributed by atoms with Crippen LogP contribution in [-0.4, -0.2) is 27.2 Å². The number of amides is 1. The molecule has 0 radical (unpaired) electrons. The zero-order valence-electron chi connectivity index (χ0n) is 11.3. The molecule has 0 aliphatic carbocycles. The van der Waals surface area contributed by atoms with E-state index >= 15 is 0 Å². The summed E-state index contributed by atoms with van der Waals surface area (Å²) in [5.74, 6) is -0.484. The van der Waals surface area contributed by atoms with E-state index in [4.69, 9.17) is 39.5 Å².